The topological polar surface area (TPSA) is 86.7 Å². The summed E-state index contributed by atoms with van der Waals surface area (Å²) in [5.41, 5.74) is 0. The largest absolute Gasteiger partial charge is 0.480 e. The van der Waals surface area contributed by atoms with Crippen molar-refractivity contribution in [3.63, 3.8) is 0 Å². The standard InChI is InChI=1S/C11H20N2O4/c1-4-5-9(14)12-6-10(15)13(8(2)3)7-11(16)17/h8H,4-7H2,1-3H3,(H,12,14)(H,16,17). The van der Waals surface area contributed by atoms with E-state index >= 15 is 0 Å². The fraction of sp³-hybridized carbons (Fsp3) is 0.727. The fourth-order valence-electron chi connectivity index (χ4n) is 1.30. The Kier molecular flexibility index (Phi) is 6.93. The third-order valence-electron chi connectivity index (χ3n) is 2.16. The van der Waals surface area contributed by atoms with Gasteiger partial charge in [0.25, 0.3) is 0 Å². The third-order valence-corrected chi connectivity index (χ3v) is 2.16. The molecule has 98 valence electrons. The molecule has 0 rings (SSSR count). The smallest absolute Gasteiger partial charge is 0.323 e. The molecule has 0 aliphatic rings. The van der Waals surface area contributed by atoms with Gasteiger partial charge in [0, 0.05) is 12.5 Å². The van der Waals surface area contributed by atoms with Gasteiger partial charge in [-0.1, -0.05) is 6.92 Å². The number of aliphatic carboxylic acids is 1. The summed E-state index contributed by atoms with van der Waals surface area (Å²) < 4.78 is 0. The number of carboxylic acids is 1. The summed E-state index contributed by atoms with van der Waals surface area (Å²) in [7, 11) is 0. The first-order valence-corrected chi connectivity index (χ1v) is 5.66. The normalized spacial score (nSPS) is 10.1. The van der Waals surface area contributed by atoms with E-state index in [0.717, 1.165) is 0 Å². The predicted octanol–water partition coefficient (Wildman–Crippen LogP) is 0.224. The van der Waals surface area contributed by atoms with Crippen LogP contribution < -0.4 is 5.32 Å². The number of carbonyl (C=O) groups is 3. The first-order valence-electron chi connectivity index (χ1n) is 5.66. The van der Waals surface area contributed by atoms with E-state index in [2.05, 4.69) is 5.32 Å². The molecule has 0 aliphatic heterocycles. The van der Waals surface area contributed by atoms with Gasteiger partial charge in [-0.05, 0) is 20.3 Å². The van der Waals surface area contributed by atoms with Crippen LogP contribution in [0.25, 0.3) is 0 Å². The third kappa shape index (κ3) is 6.55. The van der Waals surface area contributed by atoms with E-state index in [1.165, 1.54) is 4.90 Å². The summed E-state index contributed by atoms with van der Waals surface area (Å²) in [6, 6.07) is -0.207. The van der Waals surface area contributed by atoms with Crippen molar-refractivity contribution in [2.45, 2.75) is 39.7 Å². The quantitative estimate of drug-likeness (QED) is 0.671. The minimum atomic E-state index is -1.06. The molecule has 0 saturated carbocycles. The molecule has 0 radical (unpaired) electrons. The molecule has 0 aromatic rings. The Morgan fingerprint density at radius 3 is 2.29 bits per heavy atom. The molecule has 0 aliphatic carbocycles. The highest BCUT2D eigenvalue weighted by molar-refractivity contribution is 5.86. The van der Waals surface area contributed by atoms with Gasteiger partial charge in [0.15, 0.2) is 0 Å². The lowest BCUT2D eigenvalue weighted by molar-refractivity contribution is -0.145. The number of rotatable bonds is 7. The average molecular weight is 244 g/mol. The zero-order valence-electron chi connectivity index (χ0n) is 10.5. The minimum Gasteiger partial charge on any atom is -0.480 e. The Morgan fingerprint density at radius 2 is 1.88 bits per heavy atom. The van der Waals surface area contributed by atoms with Gasteiger partial charge in [0.1, 0.15) is 6.54 Å². The van der Waals surface area contributed by atoms with Crippen LogP contribution in [-0.2, 0) is 14.4 Å². The second kappa shape index (κ2) is 7.65. The molecule has 2 amide bonds. The van der Waals surface area contributed by atoms with Crippen LogP contribution >= 0.6 is 0 Å². The van der Waals surface area contributed by atoms with Gasteiger partial charge < -0.3 is 15.3 Å². The van der Waals surface area contributed by atoms with Gasteiger partial charge in [0.05, 0.1) is 6.54 Å². The number of hydrogen-bond acceptors (Lipinski definition) is 3. The van der Waals surface area contributed by atoms with E-state index in [4.69, 9.17) is 5.11 Å². The molecule has 6 nitrogen and oxygen atoms in total. The zero-order valence-corrected chi connectivity index (χ0v) is 10.5. The maximum Gasteiger partial charge on any atom is 0.323 e. The van der Waals surface area contributed by atoms with Gasteiger partial charge in [-0.2, -0.15) is 0 Å². The van der Waals surface area contributed by atoms with Gasteiger partial charge in [-0.25, -0.2) is 0 Å². The number of nitrogens with zero attached hydrogens (tertiary/aromatic N) is 1. The summed E-state index contributed by atoms with van der Waals surface area (Å²) in [5.74, 6) is -1.64. The van der Waals surface area contributed by atoms with Gasteiger partial charge in [-0.15, -0.1) is 0 Å². The van der Waals surface area contributed by atoms with Crippen molar-refractivity contribution in [1.29, 1.82) is 0 Å². The molecule has 0 aromatic carbocycles. The molecule has 0 heterocycles. The highest BCUT2D eigenvalue weighted by Gasteiger charge is 2.19. The summed E-state index contributed by atoms with van der Waals surface area (Å²) in [6.45, 7) is 4.83. The van der Waals surface area contributed by atoms with Crippen LogP contribution in [0, 0.1) is 0 Å². The molecule has 17 heavy (non-hydrogen) atoms. The van der Waals surface area contributed by atoms with Crippen molar-refractivity contribution in [2.75, 3.05) is 13.1 Å². The van der Waals surface area contributed by atoms with E-state index < -0.39 is 5.97 Å². The Balaban J connectivity index is 4.24. The van der Waals surface area contributed by atoms with Crippen molar-refractivity contribution < 1.29 is 19.5 Å². The van der Waals surface area contributed by atoms with Crippen LogP contribution in [0.1, 0.15) is 33.6 Å². The molecule has 0 unspecified atom stereocenters. The number of carbonyl (C=O) groups excluding carboxylic acids is 2. The second-order valence-corrected chi connectivity index (χ2v) is 4.04. The van der Waals surface area contributed by atoms with E-state index in [0.29, 0.717) is 12.8 Å². The average Bonchev–Trinajstić information content (AvgIpc) is 2.22. The number of carboxylic acid groups (broad SMARTS) is 1. The van der Waals surface area contributed by atoms with Crippen LogP contribution in [0.3, 0.4) is 0 Å². The number of hydrogen-bond donors (Lipinski definition) is 2. The lowest BCUT2D eigenvalue weighted by atomic mass is 10.3. The van der Waals surface area contributed by atoms with Crippen molar-refractivity contribution in [1.82, 2.24) is 10.2 Å². The van der Waals surface area contributed by atoms with Gasteiger partial charge in [0.2, 0.25) is 11.8 Å². The first kappa shape index (κ1) is 15.4. The Labute approximate surface area is 101 Å². The maximum atomic E-state index is 11.7. The molecule has 2 N–H and O–H groups in total. The minimum absolute atomic E-state index is 0.149. The molecular formula is C11H20N2O4. The van der Waals surface area contributed by atoms with Gasteiger partial charge in [-0.3, -0.25) is 14.4 Å². The fourth-order valence-corrected chi connectivity index (χ4v) is 1.30. The summed E-state index contributed by atoms with van der Waals surface area (Å²) in [6.07, 6.45) is 1.08. The lowest BCUT2D eigenvalue weighted by Crippen LogP contribution is -2.45. The van der Waals surface area contributed by atoms with Gasteiger partial charge >= 0.3 is 5.97 Å². The van der Waals surface area contributed by atoms with Crippen molar-refractivity contribution in [3.8, 4) is 0 Å². The highest BCUT2D eigenvalue weighted by Crippen LogP contribution is 1.98. The SMILES string of the molecule is CCCC(=O)NCC(=O)N(CC(=O)O)C(C)C. The number of nitrogens with one attached hydrogen (secondary N) is 1. The Hall–Kier alpha value is -1.59. The molecule has 0 spiro atoms. The molecule has 0 bridgehead atoms. The Bertz CT molecular complexity index is 289. The maximum absolute atomic E-state index is 11.7. The summed E-state index contributed by atoms with van der Waals surface area (Å²) in [5, 5.41) is 11.1. The Morgan fingerprint density at radius 1 is 1.29 bits per heavy atom. The van der Waals surface area contributed by atoms with Crippen LogP contribution in [-0.4, -0.2) is 46.9 Å². The van der Waals surface area contributed by atoms with Crippen LogP contribution in [0.4, 0.5) is 0 Å². The number of amides is 2. The zero-order chi connectivity index (χ0) is 13.4. The van der Waals surface area contributed by atoms with Crippen LogP contribution in [0.15, 0.2) is 0 Å². The van der Waals surface area contributed by atoms with Crippen molar-refractivity contribution >= 4 is 17.8 Å². The van der Waals surface area contributed by atoms with E-state index in [1.807, 2.05) is 6.92 Å². The lowest BCUT2D eigenvalue weighted by Gasteiger charge is -2.24. The van der Waals surface area contributed by atoms with Crippen LogP contribution in [0.2, 0.25) is 0 Å². The summed E-state index contributed by atoms with van der Waals surface area (Å²) >= 11 is 0. The molecule has 6 heteroatoms. The van der Waals surface area contributed by atoms with E-state index in [9.17, 15) is 14.4 Å². The first-order chi connectivity index (χ1) is 7.88. The highest BCUT2D eigenvalue weighted by atomic mass is 16.4. The van der Waals surface area contributed by atoms with E-state index in [-0.39, 0.29) is 30.9 Å². The molecule has 0 atom stereocenters. The molecule has 0 fully saturated rings. The monoisotopic (exact) mass is 244 g/mol. The van der Waals surface area contributed by atoms with Crippen LogP contribution in [0.5, 0.6) is 0 Å². The van der Waals surface area contributed by atoms with Crippen molar-refractivity contribution in [2.24, 2.45) is 0 Å². The second-order valence-electron chi connectivity index (χ2n) is 4.04. The van der Waals surface area contributed by atoms with Crippen molar-refractivity contribution in [3.05, 3.63) is 0 Å². The molecule has 0 saturated heterocycles. The predicted molar refractivity (Wildman–Crippen MR) is 62.4 cm³/mol. The van der Waals surface area contributed by atoms with E-state index in [1.54, 1.807) is 13.8 Å². The summed E-state index contributed by atoms with van der Waals surface area (Å²) in [4.78, 5) is 34.6. The molecule has 0 aromatic heterocycles. The molecular weight excluding hydrogens is 224 g/mol.